The van der Waals surface area contributed by atoms with E-state index in [-0.39, 0.29) is 54.4 Å². The third-order valence-corrected chi connectivity index (χ3v) is 9.19. The van der Waals surface area contributed by atoms with Crippen LogP contribution in [0.2, 0.25) is 5.02 Å². The van der Waals surface area contributed by atoms with E-state index in [1.54, 1.807) is 54.3 Å². The fraction of sp³-hybridized carbons (Fsp3) is 0.440. The number of carbonyl (C=O) groups is 2. The molecule has 2 saturated heterocycles. The lowest BCUT2D eigenvalue weighted by atomic mass is 9.97. The van der Waals surface area contributed by atoms with E-state index >= 15 is 0 Å². The molecule has 0 aliphatic carbocycles. The second-order valence-electron chi connectivity index (χ2n) is 9.29. The Hall–Kier alpha value is -2.62. The molecule has 10 heteroatoms. The summed E-state index contributed by atoms with van der Waals surface area (Å²) in [5.74, 6) is -0.476. The molecule has 2 atom stereocenters. The maximum atomic E-state index is 14.4. The number of piperazine rings is 1. The van der Waals surface area contributed by atoms with Gasteiger partial charge in [-0.25, -0.2) is 8.42 Å². The maximum Gasteiger partial charge on any atom is 0.246 e. The highest BCUT2D eigenvalue weighted by atomic mass is 35.5. The van der Waals surface area contributed by atoms with E-state index in [9.17, 15) is 18.0 Å². The van der Waals surface area contributed by atoms with Gasteiger partial charge in [-0.05, 0) is 56.2 Å². The fourth-order valence-corrected chi connectivity index (χ4v) is 7.22. The Morgan fingerprint density at radius 2 is 1.86 bits per heavy atom. The quantitative estimate of drug-likeness (QED) is 0.630. The minimum absolute atomic E-state index is 0.0181. The zero-order chi connectivity index (χ0) is 25.5. The number of nitrogens with one attached hydrogen (secondary N) is 1. The second kappa shape index (κ2) is 9.44. The summed E-state index contributed by atoms with van der Waals surface area (Å²) >= 11 is 6.03. The second-order valence-corrected chi connectivity index (χ2v) is 11.8. The molecule has 2 amide bonds. The van der Waals surface area contributed by atoms with Gasteiger partial charge in [0.25, 0.3) is 0 Å². The van der Waals surface area contributed by atoms with Crippen LogP contribution in [-0.2, 0) is 25.8 Å². The van der Waals surface area contributed by atoms with Gasteiger partial charge < -0.3 is 9.64 Å². The van der Waals surface area contributed by atoms with Crippen LogP contribution in [0.25, 0.3) is 0 Å². The van der Waals surface area contributed by atoms with Gasteiger partial charge in [-0.2, -0.15) is 0 Å². The van der Waals surface area contributed by atoms with Crippen LogP contribution in [0.5, 0.6) is 5.75 Å². The van der Waals surface area contributed by atoms with Crippen molar-refractivity contribution >= 4 is 33.3 Å². The Morgan fingerprint density at radius 1 is 1.17 bits per heavy atom. The van der Waals surface area contributed by atoms with Gasteiger partial charge in [0, 0.05) is 30.5 Å². The molecule has 2 heterocycles. The molecule has 35 heavy (non-hydrogen) atoms. The zero-order valence-electron chi connectivity index (χ0n) is 20.2. The van der Waals surface area contributed by atoms with Gasteiger partial charge in [-0.3, -0.25) is 19.8 Å². The predicted octanol–water partition coefficient (Wildman–Crippen LogP) is 2.77. The number of ether oxygens (including phenoxy) is 1. The minimum atomic E-state index is -4.25. The number of fused-ring (bicyclic) bond motifs is 1. The molecule has 0 spiro atoms. The summed E-state index contributed by atoms with van der Waals surface area (Å²) in [6.45, 7) is 5.46. The summed E-state index contributed by atoms with van der Waals surface area (Å²) in [7, 11) is -2.84. The van der Waals surface area contributed by atoms with Crippen molar-refractivity contribution in [2.45, 2.75) is 55.6 Å². The van der Waals surface area contributed by atoms with Crippen molar-refractivity contribution in [3.05, 3.63) is 58.6 Å². The normalized spacial score (nSPS) is 23.0. The van der Waals surface area contributed by atoms with Crippen LogP contribution in [0, 0.1) is 6.92 Å². The first kappa shape index (κ1) is 25.5. The number of benzene rings is 2. The smallest absolute Gasteiger partial charge is 0.246 e. The molecule has 0 bridgehead atoms. The first-order valence-electron chi connectivity index (χ1n) is 11.5. The van der Waals surface area contributed by atoms with Gasteiger partial charge in [-0.1, -0.05) is 29.8 Å². The molecule has 8 nitrogen and oxygen atoms in total. The van der Waals surface area contributed by atoms with Gasteiger partial charge in [0.05, 0.1) is 13.7 Å². The van der Waals surface area contributed by atoms with E-state index in [4.69, 9.17) is 16.3 Å². The van der Waals surface area contributed by atoms with Crippen molar-refractivity contribution in [2.75, 3.05) is 20.2 Å². The van der Waals surface area contributed by atoms with E-state index in [0.717, 1.165) is 11.1 Å². The average Bonchev–Trinajstić information content (AvgIpc) is 2.81. The monoisotopic (exact) mass is 519 g/mol. The highest BCUT2D eigenvalue weighted by Crippen LogP contribution is 2.41. The van der Waals surface area contributed by atoms with E-state index in [2.05, 4.69) is 5.32 Å². The number of amides is 2. The molecular weight excluding hydrogens is 490 g/mol. The van der Waals surface area contributed by atoms with Gasteiger partial charge >= 0.3 is 0 Å². The summed E-state index contributed by atoms with van der Waals surface area (Å²) in [5, 5.41) is 3.70. The lowest BCUT2D eigenvalue weighted by Crippen LogP contribution is -2.80. The van der Waals surface area contributed by atoms with Crippen LogP contribution < -0.4 is 10.1 Å². The topological polar surface area (TPSA) is 96.0 Å². The van der Waals surface area contributed by atoms with Crippen LogP contribution >= 0.6 is 11.6 Å². The number of sulfone groups is 1. The molecule has 0 aromatic heterocycles. The SMILES string of the molecule is COc1ccc(C)cc1S(=O)(=O)C12CN(C(C)C)C(=O)C(Cc3ccc(Cl)cc3)N1C(=O)CCN2. The molecule has 2 aromatic carbocycles. The molecule has 2 unspecified atom stereocenters. The number of carbonyl (C=O) groups excluding carboxylic acids is 2. The minimum Gasteiger partial charge on any atom is -0.495 e. The summed E-state index contributed by atoms with van der Waals surface area (Å²) < 4.78 is 34.3. The number of nitrogens with zero attached hydrogens (tertiary/aromatic N) is 2. The number of rotatable bonds is 6. The first-order chi connectivity index (χ1) is 16.5. The maximum absolute atomic E-state index is 14.4. The average molecular weight is 520 g/mol. The Labute approximate surface area is 211 Å². The lowest BCUT2D eigenvalue weighted by Gasteiger charge is -2.56. The van der Waals surface area contributed by atoms with Crippen molar-refractivity contribution in [3.8, 4) is 5.75 Å². The highest BCUT2D eigenvalue weighted by molar-refractivity contribution is 7.93. The standard InChI is InChI=1S/C25H30ClN3O5S/c1-16(2)28-15-25(35(32,33)22-13-17(3)5-10-21(22)34-4)27-12-11-23(30)29(25)20(24(28)31)14-18-6-8-19(26)9-7-18/h5-10,13,16,20,27H,11-12,14-15H2,1-4H3. The van der Waals surface area contributed by atoms with Crippen molar-refractivity contribution in [2.24, 2.45) is 0 Å². The Kier molecular flexibility index (Phi) is 6.87. The van der Waals surface area contributed by atoms with Gasteiger partial charge in [0.1, 0.15) is 16.7 Å². The molecule has 1 N–H and O–H groups in total. The molecular formula is C25H30ClN3O5S. The van der Waals surface area contributed by atoms with Crippen molar-refractivity contribution < 1.29 is 22.7 Å². The number of methoxy groups -OCH3 is 1. The molecule has 4 rings (SSSR count). The van der Waals surface area contributed by atoms with Crippen LogP contribution in [0.3, 0.4) is 0 Å². The Balaban J connectivity index is 1.92. The molecule has 0 saturated carbocycles. The summed E-state index contributed by atoms with van der Waals surface area (Å²) in [5.41, 5.74) is 1.51. The van der Waals surface area contributed by atoms with Crippen LogP contribution in [0.1, 0.15) is 31.4 Å². The van der Waals surface area contributed by atoms with E-state index < -0.39 is 20.9 Å². The number of hydrogen-bond acceptors (Lipinski definition) is 6. The van der Waals surface area contributed by atoms with Crippen molar-refractivity contribution in [1.29, 1.82) is 0 Å². The third kappa shape index (κ3) is 4.30. The highest BCUT2D eigenvalue weighted by Gasteiger charge is 2.62. The molecule has 0 radical (unpaired) electrons. The molecule has 2 aliphatic rings. The van der Waals surface area contributed by atoms with Gasteiger partial charge in [-0.15, -0.1) is 0 Å². The fourth-order valence-electron chi connectivity index (χ4n) is 4.88. The van der Waals surface area contributed by atoms with Crippen LogP contribution in [0.15, 0.2) is 47.4 Å². The van der Waals surface area contributed by atoms with E-state index in [1.807, 2.05) is 13.8 Å². The summed E-state index contributed by atoms with van der Waals surface area (Å²) in [4.78, 5) is 28.0. The first-order valence-corrected chi connectivity index (χ1v) is 13.4. The molecule has 2 fully saturated rings. The zero-order valence-corrected chi connectivity index (χ0v) is 21.8. The summed E-state index contributed by atoms with van der Waals surface area (Å²) in [6.07, 6.45) is 0.253. The Morgan fingerprint density at radius 3 is 2.49 bits per heavy atom. The van der Waals surface area contributed by atoms with Gasteiger partial charge in [0.15, 0.2) is 0 Å². The van der Waals surface area contributed by atoms with Crippen LogP contribution in [-0.4, -0.2) is 67.3 Å². The summed E-state index contributed by atoms with van der Waals surface area (Å²) in [6, 6.07) is 10.6. The van der Waals surface area contributed by atoms with Crippen LogP contribution in [0.4, 0.5) is 0 Å². The third-order valence-electron chi connectivity index (χ3n) is 6.68. The van der Waals surface area contributed by atoms with Crippen molar-refractivity contribution in [3.63, 3.8) is 0 Å². The molecule has 2 aromatic rings. The number of aryl methyl sites for hydroxylation is 1. The van der Waals surface area contributed by atoms with E-state index in [0.29, 0.717) is 5.02 Å². The largest absolute Gasteiger partial charge is 0.495 e. The van der Waals surface area contributed by atoms with Crippen molar-refractivity contribution in [1.82, 2.24) is 15.1 Å². The molecule has 188 valence electrons. The lowest BCUT2D eigenvalue weighted by molar-refractivity contribution is -0.165. The van der Waals surface area contributed by atoms with E-state index in [1.165, 1.54) is 12.0 Å². The van der Waals surface area contributed by atoms with Gasteiger partial charge in [0.2, 0.25) is 26.6 Å². The molecule has 2 aliphatic heterocycles. The Bertz CT molecular complexity index is 1250. The predicted molar refractivity (Wildman–Crippen MR) is 133 cm³/mol. The number of halogens is 1. The number of hydrogen-bond donors (Lipinski definition) is 1.